The predicted octanol–water partition coefficient (Wildman–Crippen LogP) is 1.26. The number of hydrogen-bond acceptors (Lipinski definition) is 4. The third-order valence-electron chi connectivity index (χ3n) is 6.09. The van der Waals surface area contributed by atoms with Gasteiger partial charge in [0, 0.05) is 43.4 Å². The van der Waals surface area contributed by atoms with Gasteiger partial charge in [-0.25, -0.2) is 0 Å². The molecule has 4 nitrogen and oxygen atoms in total. The quantitative estimate of drug-likeness (QED) is 0.713. The van der Waals surface area contributed by atoms with Gasteiger partial charge in [-0.15, -0.1) is 0 Å². The first-order chi connectivity index (χ1) is 9.66. The number of piperidine rings is 1. The maximum Gasteiger partial charge on any atom is 0.0489 e. The second-order valence-electron chi connectivity index (χ2n) is 7.29. The van der Waals surface area contributed by atoms with Gasteiger partial charge in [0.2, 0.25) is 0 Å². The summed E-state index contributed by atoms with van der Waals surface area (Å²) in [5.74, 6) is 0.891. The van der Waals surface area contributed by atoms with Crippen LogP contribution in [-0.2, 0) is 0 Å². The second-order valence-corrected chi connectivity index (χ2v) is 7.29. The van der Waals surface area contributed by atoms with Gasteiger partial charge < -0.3 is 16.4 Å². The Bertz CT molecular complexity index is 316. The third kappa shape index (κ3) is 2.89. The largest absolute Gasteiger partial charge is 0.325 e. The van der Waals surface area contributed by atoms with Crippen LogP contribution in [0.15, 0.2) is 0 Å². The van der Waals surface area contributed by atoms with Crippen molar-refractivity contribution in [3.8, 4) is 0 Å². The van der Waals surface area contributed by atoms with E-state index >= 15 is 0 Å². The number of nitrogens with one attached hydrogen (secondary N) is 2. The molecule has 0 aromatic heterocycles. The average Bonchev–Trinajstić information content (AvgIpc) is 2.81. The van der Waals surface area contributed by atoms with E-state index in [1.54, 1.807) is 0 Å². The van der Waals surface area contributed by atoms with Crippen LogP contribution in [0.3, 0.4) is 0 Å². The molecule has 3 fully saturated rings. The van der Waals surface area contributed by atoms with Gasteiger partial charge in [0.15, 0.2) is 0 Å². The molecule has 0 bridgehead atoms. The Morgan fingerprint density at radius 3 is 2.45 bits per heavy atom. The maximum atomic E-state index is 6.43. The Kier molecular flexibility index (Phi) is 4.65. The summed E-state index contributed by atoms with van der Waals surface area (Å²) in [6.07, 6.45) is 8.38. The van der Waals surface area contributed by atoms with Gasteiger partial charge in [0.1, 0.15) is 0 Å². The molecule has 0 amide bonds. The average molecular weight is 280 g/mol. The van der Waals surface area contributed by atoms with Gasteiger partial charge in [-0.1, -0.05) is 19.3 Å². The number of hydrogen-bond donors (Lipinski definition) is 3. The fourth-order valence-corrected chi connectivity index (χ4v) is 4.49. The van der Waals surface area contributed by atoms with Crippen molar-refractivity contribution in [2.45, 2.75) is 82.6 Å². The molecule has 2 aliphatic heterocycles. The van der Waals surface area contributed by atoms with Gasteiger partial charge in [-0.3, -0.25) is 4.90 Å². The summed E-state index contributed by atoms with van der Waals surface area (Å²) in [4.78, 5) is 2.62. The normalized spacial score (nSPS) is 44.9. The maximum absolute atomic E-state index is 6.43. The highest BCUT2D eigenvalue weighted by Crippen LogP contribution is 2.32. The van der Waals surface area contributed by atoms with Crippen molar-refractivity contribution in [1.29, 1.82) is 0 Å². The molecule has 4 heteroatoms. The van der Waals surface area contributed by atoms with Crippen molar-refractivity contribution in [1.82, 2.24) is 15.5 Å². The van der Waals surface area contributed by atoms with Gasteiger partial charge in [-0.2, -0.15) is 0 Å². The fraction of sp³-hybridized carbons (Fsp3) is 1.00. The van der Waals surface area contributed by atoms with Gasteiger partial charge in [0.05, 0.1) is 0 Å². The monoisotopic (exact) mass is 280 g/mol. The molecule has 3 aliphatic rings. The molecule has 20 heavy (non-hydrogen) atoms. The van der Waals surface area contributed by atoms with Crippen molar-refractivity contribution in [3.63, 3.8) is 0 Å². The zero-order chi connectivity index (χ0) is 14.1. The molecular formula is C16H32N4. The Morgan fingerprint density at radius 1 is 1.05 bits per heavy atom. The summed E-state index contributed by atoms with van der Waals surface area (Å²) in [5.41, 5.74) is 6.43. The van der Waals surface area contributed by atoms with Crippen LogP contribution < -0.4 is 16.4 Å². The van der Waals surface area contributed by atoms with Crippen molar-refractivity contribution in [2.75, 3.05) is 13.2 Å². The van der Waals surface area contributed by atoms with Crippen LogP contribution in [0.5, 0.6) is 0 Å². The van der Waals surface area contributed by atoms with Crippen molar-refractivity contribution in [3.05, 3.63) is 0 Å². The zero-order valence-corrected chi connectivity index (χ0v) is 13.1. The lowest BCUT2D eigenvalue weighted by Gasteiger charge is -2.44. The van der Waals surface area contributed by atoms with Crippen molar-refractivity contribution < 1.29 is 0 Å². The standard InChI is InChI=1S/C16H32N4/c1-11-12(2)20(10-19-11)16-8-15(18-9-14(16)17)13-6-4-3-5-7-13/h11-16,18-19H,3-10,17H2,1-2H3. The van der Waals surface area contributed by atoms with Crippen LogP contribution in [0.2, 0.25) is 0 Å². The first kappa shape index (κ1) is 14.8. The number of nitrogens with two attached hydrogens (primary N) is 1. The van der Waals surface area contributed by atoms with Crippen LogP contribution >= 0.6 is 0 Å². The van der Waals surface area contributed by atoms with E-state index in [4.69, 9.17) is 5.73 Å². The molecule has 2 saturated heterocycles. The summed E-state index contributed by atoms with van der Waals surface area (Å²) >= 11 is 0. The first-order valence-corrected chi connectivity index (χ1v) is 8.65. The summed E-state index contributed by atoms with van der Waals surface area (Å²) < 4.78 is 0. The SMILES string of the molecule is CC1NCN(C2CC(C3CCCCC3)NCC2N)C1C. The summed E-state index contributed by atoms with van der Waals surface area (Å²) in [7, 11) is 0. The molecule has 0 radical (unpaired) electrons. The van der Waals surface area contributed by atoms with E-state index in [-0.39, 0.29) is 6.04 Å². The lowest BCUT2D eigenvalue weighted by Crippen LogP contribution is -2.62. The van der Waals surface area contributed by atoms with Crippen molar-refractivity contribution in [2.24, 2.45) is 11.7 Å². The minimum Gasteiger partial charge on any atom is -0.325 e. The minimum atomic E-state index is 0.282. The Hall–Kier alpha value is -0.160. The predicted molar refractivity (Wildman–Crippen MR) is 83.5 cm³/mol. The molecule has 0 aromatic rings. The van der Waals surface area contributed by atoms with Crippen LogP contribution in [0.4, 0.5) is 0 Å². The highest BCUT2D eigenvalue weighted by Gasteiger charge is 2.40. The molecule has 4 N–H and O–H groups in total. The number of nitrogens with zero attached hydrogens (tertiary/aromatic N) is 1. The van der Waals surface area contributed by atoms with Crippen molar-refractivity contribution >= 4 is 0 Å². The second kappa shape index (κ2) is 6.30. The molecule has 5 atom stereocenters. The molecular weight excluding hydrogens is 248 g/mol. The van der Waals surface area contributed by atoms with Crippen LogP contribution in [-0.4, -0.2) is 48.3 Å². The molecule has 3 rings (SSSR count). The fourth-order valence-electron chi connectivity index (χ4n) is 4.49. The van der Waals surface area contributed by atoms with E-state index in [0.717, 1.165) is 19.1 Å². The van der Waals surface area contributed by atoms with E-state index in [2.05, 4.69) is 29.4 Å². The molecule has 0 spiro atoms. The Balaban J connectivity index is 1.64. The first-order valence-electron chi connectivity index (χ1n) is 8.65. The Morgan fingerprint density at radius 2 is 1.80 bits per heavy atom. The van der Waals surface area contributed by atoms with Crippen LogP contribution in [0, 0.1) is 5.92 Å². The highest BCUT2D eigenvalue weighted by molar-refractivity contribution is 4.99. The van der Waals surface area contributed by atoms with E-state index in [1.165, 1.54) is 38.5 Å². The molecule has 2 heterocycles. The van der Waals surface area contributed by atoms with Gasteiger partial charge in [-0.05, 0) is 39.0 Å². The summed E-state index contributed by atoms with van der Waals surface area (Å²) in [6, 6.07) is 2.73. The van der Waals surface area contributed by atoms with Gasteiger partial charge >= 0.3 is 0 Å². The van der Waals surface area contributed by atoms with E-state index in [1.807, 2.05) is 0 Å². The lowest BCUT2D eigenvalue weighted by atomic mass is 9.78. The molecule has 116 valence electrons. The Labute approximate surface area is 123 Å². The van der Waals surface area contributed by atoms with E-state index in [0.29, 0.717) is 24.2 Å². The van der Waals surface area contributed by atoms with Crippen LogP contribution in [0.25, 0.3) is 0 Å². The van der Waals surface area contributed by atoms with Gasteiger partial charge in [0.25, 0.3) is 0 Å². The highest BCUT2D eigenvalue weighted by atomic mass is 15.4. The van der Waals surface area contributed by atoms with E-state index in [9.17, 15) is 0 Å². The lowest BCUT2D eigenvalue weighted by molar-refractivity contribution is 0.0949. The topological polar surface area (TPSA) is 53.3 Å². The van der Waals surface area contributed by atoms with E-state index < -0.39 is 0 Å². The molecule has 0 aromatic carbocycles. The van der Waals surface area contributed by atoms with Crippen LogP contribution in [0.1, 0.15) is 52.4 Å². The minimum absolute atomic E-state index is 0.282. The smallest absolute Gasteiger partial charge is 0.0489 e. The zero-order valence-electron chi connectivity index (χ0n) is 13.1. The molecule has 1 saturated carbocycles. The summed E-state index contributed by atoms with van der Waals surface area (Å²) in [5, 5.41) is 7.33. The molecule has 5 unspecified atom stereocenters. The summed E-state index contributed by atoms with van der Waals surface area (Å²) in [6.45, 7) is 6.63. The molecule has 1 aliphatic carbocycles. The number of rotatable bonds is 2. The third-order valence-corrected chi connectivity index (χ3v) is 6.09.